The van der Waals surface area contributed by atoms with Crippen LogP contribution in [0.5, 0.6) is 0 Å². The van der Waals surface area contributed by atoms with Gasteiger partial charge in [0.15, 0.2) is 0 Å². The van der Waals surface area contributed by atoms with Crippen LogP contribution in [0.3, 0.4) is 0 Å². The van der Waals surface area contributed by atoms with Crippen LogP contribution in [0.4, 0.5) is 0 Å². The highest BCUT2D eigenvalue weighted by Crippen LogP contribution is 1.76. The summed E-state index contributed by atoms with van der Waals surface area (Å²) >= 11 is 0. The van der Waals surface area contributed by atoms with Gasteiger partial charge < -0.3 is 22.1 Å². The van der Waals surface area contributed by atoms with Crippen LogP contribution in [0, 0.1) is 0 Å². The van der Waals surface area contributed by atoms with Crippen molar-refractivity contribution in [3.8, 4) is 0 Å². The maximum atomic E-state index is 5.25. The van der Waals surface area contributed by atoms with Crippen molar-refractivity contribution in [2.75, 3.05) is 40.3 Å². The van der Waals surface area contributed by atoms with Gasteiger partial charge in [0.1, 0.15) is 0 Å². The molecule has 0 bridgehead atoms. The second-order valence-corrected chi connectivity index (χ2v) is 2.88. The second-order valence-electron chi connectivity index (χ2n) is 2.88. The average molecular weight is 176 g/mol. The van der Waals surface area contributed by atoms with Crippen LogP contribution in [-0.2, 0) is 0 Å². The van der Waals surface area contributed by atoms with Gasteiger partial charge in [-0.2, -0.15) is 0 Å². The minimum Gasteiger partial charge on any atom is -0.330 e. The molecule has 0 aromatic heterocycles. The van der Waals surface area contributed by atoms with Crippen molar-refractivity contribution in [1.29, 1.82) is 0 Å². The highest BCUT2D eigenvalue weighted by molar-refractivity contribution is 4.42. The van der Waals surface area contributed by atoms with Gasteiger partial charge >= 0.3 is 0 Å². The number of nitrogens with two attached hydrogens (primary N) is 3. The van der Waals surface area contributed by atoms with Gasteiger partial charge in [-0.05, 0) is 53.1 Å². The summed E-state index contributed by atoms with van der Waals surface area (Å²) in [5.74, 6) is 0. The van der Waals surface area contributed by atoms with E-state index in [-0.39, 0.29) is 0 Å². The smallest absolute Gasteiger partial charge is 0.00128 e. The first-order chi connectivity index (χ1) is 5.68. The maximum Gasteiger partial charge on any atom is -0.00128 e. The van der Waals surface area contributed by atoms with Gasteiger partial charge in [0.05, 0.1) is 0 Å². The third kappa shape index (κ3) is 22.5. The summed E-state index contributed by atoms with van der Waals surface area (Å²) in [5, 5.41) is 0. The fourth-order valence-electron chi connectivity index (χ4n) is 0.525. The Balaban J connectivity index is 0. The molecular formula is C8H24N4. The molecule has 0 atom stereocenters. The molecule has 0 amide bonds. The molecule has 0 rings (SSSR count). The van der Waals surface area contributed by atoms with Crippen LogP contribution in [0.15, 0.2) is 0 Å². The first kappa shape index (κ1) is 14.4. The van der Waals surface area contributed by atoms with Crippen molar-refractivity contribution in [3.63, 3.8) is 0 Å². The third-order valence-electron chi connectivity index (χ3n) is 1.22. The van der Waals surface area contributed by atoms with E-state index in [0.717, 1.165) is 39.0 Å². The van der Waals surface area contributed by atoms with E-state index in [2.05, 4.69) is 19.0 Å². The summed E-state index contributed by atoms with van der Waals surface area (Å²) in [7, 11) is 4.10. The summed E-state index contributed by atoms with van der Waals surface area (Å²) in [6.45, 7) is 3.35. The number of hydrogen-bond donors (Lipinski definition) is 3. The Morgan fingerprint density at radius 1 is 0.833 bits per heavy atom. The molecular weight excluding hydrogens is 152 g/mol. The molecule has 76 valence electrons. The van der Waals surface area contributed by atoms with Gasteiger partial charge in [-0.3, -0.25) is 0 Å². The van der Waals surface area contributed by atoms with Crippen molar-refractivity contribution in [2.45, 2.75) is 12.8 Å². The first-order valence-corrected chi connectivity index (χ1v) is 4.44. The van der Waals surface area contributed by atoms with Crippen molar-refractivity contribution >= 4 is 0 Å². The van der Waals surface area contributed by atoms with Crippen LogP contribution >= 0.6 is 0 Å². The molecule has 4 nitrogen and oxygen atoms in total. The number of nitrogens with zero attached hydrogens (tertiary/aromatic N) is 1. The SMILES string of the molecule is CN(C)CCCN.NCCCN. The minimum absolute atomic E-state index is 0.719. The summed E-state index contributed by atoms with van der Waals surface area (Å²) < 4.78 is 0. The molecule has 0 aliphatic carbocycles. The standard InChI is InChI=1S/C5H14N2.C3H10N2/c1-7(2)5-3-4-6;4-2-1-3-5/h3-6H2,1-2H3;1-5H2. The lowest BCUT2D eigenvalue weighted by atomic mass is 10.4. The Bertz CT molecular complexity index is 64.1. The van der Waals surface area contributed by atoms with Gasteiger partial charge in [0, 0.05) is 0 Å². The monoisotopic (exact) mass is 176 g/mol. The molecule has 0 fully saturated rings. The highest BCUT2D eigenvalue weighted by Gasteiger charge is 1.83. The van der Waals surface area contributed by atoms with Gasteiger partial charge in [-0.15, -0.1) is 0 Å². The van der Waals surface area contributed by atoms with Crippen LogP contribution in [0.1, 0.15) is 12.8 Å². The Morgan fingerprint density at radius 2 is 1.25 bits per heavy atom. The quantitative estimate of drug-likeness (QED) is 0.512. The first-order valence-electron chi connectivity index (χ1n) is 4.44. The van der Waals surface area contributed by atoms with E-state index >= 15 is 0 Å². The van der Waals surface area contributed by atoms with Crippen molar-refractivity contribution < 1.29 is 0 Å². The molecule has 0 unspecified atom stereocenters. The molecule has 0 radical (unpaired) electrons. The molecule has 12 heavy (non-hydrogen) atoms. The number of rotatable bonds is 5. The van der Waals surface area contributed by atoms with E-state index in [1.54, 1.807) is 0 Å². The van der Waals surface area contributed by atoms with E-state index < -0.39 is 0 Å². The molecule has 0 spiro atoms. The third-order valence-corrected chi connectivity index (χ3v) is 1.22. The summed E-state index contributed by atoms with van der Waals surface area (Å²) in [5.41, 5.74) is 15.4. The van der Waals surface area contributed by atoms with E-state index in [9.17, 15) is 0 Å². The van der Waals surface area contributed by atoms with Crippen LogP contribution in [-0.4, -0.2) is 45.2 Å². The summed E-state index contributed by atoms with van der Waals surface area (Å²) in [4.78, 5) is 2.13. The fourth-order valence-corrected chi connectivity index (χ4v) is 0.525. The highest BCUT2D eigenvalue weighted by atomic mass is 15.0. The molecule has 0 heterocycles. The van der Waals surface area contributed by atoms with Gasteiger partial charge in [0.2, 0.25) is 0 Å². The van der Waals surface area contributed by atoms with Crippen LogP contribution < -0.4 is 17.2 Å². The molecule has 0 aliphatic heterocycles. The van der Waals surface area contributed by atoms with Crippen molar-refractivity contribution in [2.24, 2.45) is 17.2 Å². The van der Waals surface area contributed by atoms with Crippen molar-refractivity contribution in [3.05, 3.63) is 0 Å². The lowest BCUT2D eigenvalue weighted by molar-refractivity contribution is 0.403. The lowest BCUT2D eigenvalue weighted by Crippen LogP contribution is -2.16. The Morgan fingerprint density at radius 3 is 1.33 bits per heavy atom. The predicted molar refractivity (Wildman–Crippen MR) is 55.0 cm³/mol. The summed E-state index contributed by atoms with van der Waals surface area (Å²) in [6.07, 6.45) is 2.05. The Labute approximate surface area is 76.1 Å². The zero-order chi connectivity index (χ0) is 9.82. The average Bonchev–Trinajstić information content (AvgIpc) is 2.03. The van der Waals surface area contributed by atoms with Gasteiger partial charge in [-0.1, -0.05) is 0 Å². The Hall–Kier alpha value is -0.160. The van der Waals surface area contributed by atoms with E-state index in [1.165, 1.54) is 0 Å². The predicted octanol–water partition coefficient (Wildman–Crippen LogP) is -0.809. The topological polar surface area (TPSA) is 81.3 Å². The second kappa shape index (κ2) is 13.4. The number of hydrogen-bond acceptors (Lipinski definition) is 4. The van der Waals surface area contributed by atoms with Crippen LogP contribution in [0.2, 0.25) is 0 Å². The maximum absolute atomic E-state index is 5.25. The molecule has 4 heteroatoms. The van der Waals surface area contributed by atoms with E-state index in [1.807, 2.05) is 0 Å². The van der Waals surface area contributed by atoms with Crippen LogP contribution in [0.25, 0.3) is 0 Å². The fraction of sp³-hybridized carbons (Fsp3) is 1.00. The normalized spacial score (nSPS) is 9.50. The van der Waals surface area contributed by atoms with Gasteiger partial charge in [-0.25, -0.2) is 0 Å². The van der Waals surface area contributed by atoms with Gasteiger partial charge in [0.25, 0.3) is 0 Å². The largest absolute Gasteiger partial charge is 0.330 e. The molecule has 0 aromatic carbocycles. The van der Waals surface area contributed by atoms with Crippen molar-refractivity contribution in [1.82, 2.24) is 4.90 Å². The minimum atomic E-state index is 0.719. The molecule has 0 aliphatic rings. The Kier molecular flexibility index (Phi) is 16.1. The molecule has 0 saturated carbocycles. The zero-order valence-electron chi connectivity index (χ0n) is 8.42. The lowest BCUT2D eigenvalue weighted by Gasteiger charge is -2.05. The summed E-state index contributed by atoms with van der Waals surface area (Å²) in [6, 6.07) is 0. The molecule has 6 N–H and O–H groups in total. The molecule has 0 aromatic rings. The van der Waals surface area contributed by atoms with E-state index in [0.29, 0.717) is 0 Å². The molecule has 0 saturated heterocycles. The van der Waals surface area contributed by atoms with E-state index in [4.69, 9.17) is 17.2 Å². The zero-order valence-corrected chi connectivity index (χ0v) is 8.42.